The molecule has 0 fully saturated rings. The summed E-state index contributed by atoms with van der Waals surface area (Å²) < 4.78 is 4.47. The van der Waals surface area contributed by atoms with Gasteiger partial charge in [0.1, 0.15) is 0 Å². The predicted octanol–water partition coefficient (Wildman–Crippen LogP) is 1.08. The minimum absolute atomic E-state index is 0.0822. The van der Waals surface area contributed by atoms with Gasteiger partial charge in [0.2, 0.25) is 5.78 Å². The number of carbonyl (C=O) groups excluding carboxylic acids is 2. The largest absolute Gasteiger partial charge is 0.460 e. The van der Waals surface area contributed by atoms with Crippen LogP contribution in [0, 0.1) is 0 Å². The molecule has 0 aliphatic heterocycles. The van der Waals surface area contributed by atoms with E-state index in [1.807, 2.05) is 0 Å². The number of esters is 1. The number of allylic oxidation sites excluding steroid dienone is 1. The number of hydrogen-bond acceptors (Lipinski definition) is 3. The van der Waals surface area contributed by atoms with Crippen LogP contribution in [-0.4, -0.2) is 18.4 Å². The van der Waals surface area contributed by atoms with E-state index >= 15 is 0 Å². The van der Waals surface area contributed by atoms with Gasteiger partial charge in [-0.15, -0.1) is 0 Å². The summed E-state index contributed by atoms with van der Waals surface area (Å²) in [5, 5.41) is 0. The molecule has 0 radical (unpaired) electrons. The van der Waals surface area contributed by atoms with Crippen LogP contribution in [0.25, 0.3) is 0 Å². The summed E-state index contributed by atoms with van der Waals surface area (Å²) in [4.78, 5) is 21.5. The summed E-state index contributed by atoms with van der Waals surface area (Å²) >= 11 is 0. The lowest BCUT2D eigenvalue weighted by atomic mass is 10.2. The number of carbonyl (C=O) groups is 2. The Morgan fingerprint density at radius 2 is 2.00 bits per heavy atom. The highest BCUT2D eigenvalue weighted by Gasteiger charge is 2.13. The van der Waals surface area contributed by atoms with Gasteiger partial charge < -0.3 is 4.74 Å². The molecule has 0 rings (SSSR count). The Morgan fingerprint density at radius 1 is 1.45 bits per heavy atom. The van der Waals surface area contributed by atoms with Crippen LogP contribution in [0.3, 0.4) is 0 Å². The molecule has 0 unspecified atom stereocenters. The first kappa shape index (κ1) is 9.88. The van der Waals surface area contributed by atoms with Crippen LogP contribution in [0.15, 0.2) is 12.2 Å². The van der Waals surface area contributed by atoms with Crippen LogP contribution in [0.2, 0.25) is 0 Å². The van der Waals surface area contributed by atoms with Crippen molar-refractivity contribution in [3.05, 3.63) is 12.2 Å². The van der Waals surface area contributed by atoms with Gasteiger partial charge >= 0.3 is 5.97 Å². The third-order valence-corrected chi connectivity index (χ3v) is 0.965. The van der Waals surface area contributed by atoms with Crippen LogP contribution < -0.4 is 0 Å². The Balaban J connectivity index is 3.83. The van der Waals surface area contributed by atoms with Crippen molar-refractivity contribution in [2.75, 3.05) is 6.61 Å². The number of hydrogen-bond donors (Lipinski definition) is 0. The lowest BCUT2D eigenvalue weighted by molar-refractivity contribution is -0.153. The molecule has 0 aliphatic carbocycles. The second-order valence-electron chi connectivity index (χ2n) is 2.28. The summed E-state index contributed by atoms with van der Waals surface area (Å²) in [5.41, 5.74) is 0.669. The molecule has 62 valence electrons. The highest BCUT2D eigenvalue weighted by molar-refractivity contribution is 6.34. The lowest BCUT2D eigenvalue weighted by Crippen LogP contribution is -2.17. The average Bonchev–Trinajstić information content (AvgIpc) is 1.86. The van der Waals surface area contributed by atoms with Gasteiger partial charge in [0.25, 0.3) is 0 Å². The normalized spacial score (nSPS) is 8.91. The van der Waals surface area contributed by atoms with Crippen molar-refractivity contribution in [1.82, 2.24) is 0 Å². The van der Waals surface area contributed by atoms with E-state index in [0.717, 1.165) is 0 Å². The number of ether oxygens (including phenoxy) is 1. The Hall–Kier alpha value is -1.12. The van der Waals surface area contributed by atoms with Crippen LogP contribution in [0.1, 0.15) is 20.3 Å². The van der Waals surface area contributed by atoms with Crippen molar-refractivity contribution in [2.24, 2.45) is 0 Å². The smallest absolute Gasteiger partial charge is 0.374 e. The summed E-state index contributed by atoms with van der Waals surface area (Å²) in [6.07, 6.45) is 0.0822. The van der Waals surface area contributed by atoms with E-state index in [1.54, 1.807) is 13.8 Å². The lowest BCUT2D eigenvalue weighted by Gasteiger charge is -1.98. The van der Waals surface area contributed by atoms with Gasteiger partial charge in [0, 0.05) is 6.42 Å². The average molecular weight is 156 g/mol. The van der Waals surface area contributed by atoms with E-state index in [1.165, 1.54) is 0 Å². The van der Waals surface area contributed by atoms with E-state index in [0.29, 0.717) is 5.57 Å². The van der Waals surface area contributed by atoms with Crippen molar-refractivity contribution < 1.29 is 14.3 Å². The van der Waals surface area contributed by atoms with Gasteiger partial charge in [-0.1, -0.05) is 12.2 Å². The van der Waals surface area contributed by atoms with E-state index in [4.69, 9.17) is 0 Å². The Bertz CT molecular complexity index is 182. The second-order valence-corrected chi connectivity index (χ2v) is 2.28. The minimum Gasteiger partial charge on any atom is -0.460 e. The first-order chi connectivity index (χ1) is 5.07. The third kappa shape index (κ3) is 4.31. The molecular formula is C8H12O3. The Morgan fingerprint density at radius 3 is 2.36 bits per heavy atom. The fraction of sp³-hybridized carbons (Fsp3) is 0.500. The molecule has 0 aromatic heterocycles. The molecule has 0 heterocycles. The molecule has 11 heavy (non-hydrogen) atoms. The maximum atomic E-state index is 10.8. The van der Waals surface area contributed by atoms with E-state index in [-0.39, 0.29) is 13.0 Å². The number of ketones is 1. The Kier molecular flexibility index (Phi) is 4.18. The van der Waals surface area contributed by atoms with Gasteiger partial charge in [-0.2, -0.15) is 0 Å². The molecule has 0 aliphatic rings. The quantitative estimate of drug-likeness (QED) is 0.347. The van der Waals surface area contributed by atoms with Gasteiger partial charge in [-0.05, 0) is 13.8 Å². The monoisotopic (exact) mass is 156 g/mol. The fourth-order valence-electron chi connectivity index (χ4n) is 0.558. The molecule has 0 spiro atoms. The minimum atomic E-state index is -0.768. The van der Waals surface area contributed by atoms with Gasteiger partial charge in [0.15, 0.2) is 0 Å². The van der Waals surface area contributed by atoms with Crippen molar-refractivity contribution in [2.45, 2.75) is 20.3 Å². The molecule has 0 saturated carbocycles. The summed E-state index contributed by atoms with van der Waals surface area (Å²) in [5.74, 6) is -1.30. The molecule has 3 heteroatoms. The zero-order valence-corrected chi connectivity index (χ0v) is 6.85. The summed E-state index contributed by atoms with van der Waals surface area (Å²) in [6, 6.07) is 0. The van der Waals surface area contributed by atoms with Crippen LogP contribution in [-0.2, 0) is 14.3 Å². The molecule has 0 bridgehead atoms. The molecule has 0 N–H and O–H groups in total. The molecule has 0 aromatic carbocycles. The van der Waals surface area contributed by atoms with Crippen LogP contribution in [0.5, 0.6) is 0 Å². The molecule has 3 nitrogen and oxygen atoms in total. The standard InChI is InChI=1S/C8H12O3/c1-4-11-8(10)7(9)5-6(2)3/h2,4-5H2,1,3H3. The van der Waals surface area contributed by atoms with Crippen LogP contribution >= 0.6 is 0 Å². The predicted molar refractivity (Wildman–Crippen MR) is 41.1 cm³/mol. The molecule has 0 aromatic rings. The van der Waals surface area contributed by atoms with Crippen molar-refractivity contribution in [3.63, 3.8) is 0 Å². The first-order valence-electron chi connectivity index (χ1n) is 3.42. The van der Waals surface area contributed by atoms with Gasteiger partial charge in [-0.3, -0.25) is 4.79 Å². The number of Topliss-reactive ketones (excluding diaryl/α,β-unsaturated/α-hetero) is 1. The molecule has 0 amide bonds. The topological polar surface area (TPSA) is 43.4 Å². The van der Waals surface area contributed by atoms with E-state index in [2.05, 4.69) is 11.3 Å². The number of rotatable bonds is 4. The maximum Gasteiger partial charge on any atom is 0.374 e. The highest BCUT2D eigenvalue weighted by Crippen LogP contribution is 1.97. The first-order valence-corrected chi connectivity index (χ1v) is 3.42. The SMILES string of the molecule is C=C(C)CC(=O)C(=O)OCC. The summed E-state index contributed by atoms with van der Waals surface area (Å²) in [7, 11) is 0. The molecule has 0 atom stereocenters. The van der Waals surface area contributed by atoms with Crippen molar-refractivity contribution in [1.29, 1.82) is 0 Å². The van der Waals surface area contributed by atoms with Gasteiger partial charge in [0.05, 0.1) is 6.61 Å². The highest BCUT2D eigenvalue weighted by atomic mass is 16.5. The zero-order chi connectivity index (χ0) is 8.85. The molecular weight excluding hydrogens is 144 g/mol. The second kappa shape index (κ2) is 4.66. The van der Waals surface area contributed by atoms with E-state index < -0.39 is 11.8 Å². The van der Waals surface area contributed by atoms with Crippen molar-refractivity contribution in [3.8, 4) is 0 Å². The summed E-state index contributed by atoms with van der Waals surface area (Å²) in [6.45, 7) is 7.10. The van der Waals surface area contributed by atoms with Crippen molar-refractivity contribution >= 4 is 11.8 Å². The third-order valence-electron chi connectivity index (χ3n) is 0.965. The maximum absolute atomic E-state index is 10.8. The fourth-order valence-corrected chi connectivity index (χ4v) is 0.558. The van der Waals surface area contributed by atoms with E-state index in [9.17, 15) is 9.59 Å². The van der Waals surface area contributed by atoms with Crippen LogP contribution in [0.4, 0.5) is 0 Å². The molecule has 0 saturated heterocycles. The van der Waals surface area contributed by atoms with Gasteiger partial charge in [-0.25, -0.2) is 4.79 Å². The Labute approximate surface area is 66.0 Å². The zero-order valence-electron chi connectivity index (χ0n) is 6.85.